The van der Waals surface area contributed by atoms with Gasteiger partial charge < -0.3 is 24.4 Å². The van der Waals surface area contributed by atoms with Crippen LogP contribution in [0.5, 0.6) is 11.5 Å². The Morgan fingerprint density at radius 1 is 1.07 bits per heavy atom. The van der Waals surface area contributed by atoms with Gasteiger partial charge in [-0.05, 0) is 45.0 Å². The first kappa shape index (κ1) is 23.2. The second-order valence-electron chi connectivity index (χ2n) is 7.65. The van der Waals surface area contributed by atoms with E-state index in [-0.39, 0.29) is 5.60 Å². The highest BCUT2D eigenvalue weighted by molar-refractivity contribution is 5.93. The van der Waals surface area contributed by atoms with Crippen molar-refractivity contribution in [1.82, 2.24) is 5.32 Å². The van der Waals surface area contributed by atoms with E-state index in [2.05, 4.69) is 15.0 Å². The van der Waals surface area contributed by atoms with Crippen molar-refractivity contribution in [3.8, 4) is 11.5 Å². The second kappa shape index (κ2) is 11.2. The summed E-state index contributed by atoms with van der Waals surface area (Å²) in [5.74, 6) is 0.803. The van der Waals surface area contributed by atoms with Crippen molar-refractivity contribution in [2.45, 2.75) is 26.4 Å². The smallest absolute Gasteiger partial charge is 0.341 e. The fourth-order valence-corrected chi connectivity index (χ4v) is 2.75. The molecule has 3 rings (SSSR count). The Bertz CT molecular complexity index is 812. The number of hydrogen-bond acceptors (Lipinski definition) is 7. The number of methoxy groups -OCH3 is 1. The average molecular weight is 415 g/mol. The second-order valence-corrected chi connectivity index (χ2v) is 7.65. The van der Waals surface area contributed by atoms with Gasteiger partial charge in [0.1, 0.15) is 22.7 Å². The highest BCUT2D eigenvalue weighted by Gasteiger charge is 2.18. The minimum absolute atomic E-state index is 0.318. The van der Waals surface area contributed by atoms with E-state index in [0.29, 0.717) is 23.5 Å². The van der Waals surface area contributed by atoms with Crippen molar-refractivity contribution in [3.63, 3.8) is 0 Å². The Morgan fingerprint density at radius 2 is 1.73 bits per heavy atom. The van der Waals surface area contributed by atoms with Gasteiger partial charge in [-0.1, -0.05) is 18.2 Å². The molecule has 1 heterocycles. The maximum Gasteiger partial charge on any atom is 0.341 e. The predicted octanol–water partition coefficient (Wildman–Crippen LogP) is 3.63. The van der Waals surface area contributed by atoms with Crippen molar-refractivity contribution >= 4 is 18.1 Å². The molecule has 1 N–H and O–H groups in total. The zero-order chi connectivity index (χ0) is 22.0. The minimum Gasteiger partial charge on any atom is -0.465 e. The zero-order valence-electron chi connectivity index (χ0n) is 18.0. The molecule has 2 aromatic carbocycles. The molecule has 0 bridgehead atoms. The highest BCUT2D eigenvalue weighted by atomic mass is 16.5. The van der Waals surface area contributed by atoms with Gasteiger partial charge in [-0.15, -0.1) is 0 Å². The van der Waals surface area contributed by atoms with Crippen LogP contribution < -0.4 is 15.0 Å². The number of para-hydroxylation sites is 1. The standard InChI is InChI=1S/C18H20N2O3.C5H10O2/c1-22-18(21)16-8-7-14(20-11-9-19-10-12-20)13-17(16)23-15-5-3-2-4-6-15;1-5(2,3)7-4-6/h2-8,13,19H,9-12H2,1H3;4H,1-3H3. The normalized spacial score (nSPS) is 13.5. The fraction of sp³-hybridized carbons (Fsp3) is 0.391. The van der Waals surface area contributed by atoms with Crippen LogP contribution in [0.1, 0.15) is 31.1 Å². The molecule has 0 amide bonds. The first-order valence-electron chi connectivity index (χ1n) is 9.86. The van der Waals surface area contributed by atoms with Crippen LogP contribution in [0.3, 0.4) is 0 Å². The van der Waals surface area contributed by atoms with Crippen LogP contribution in [0.2, 0.25) is 0 Å². The predicted molar refractivity (Wildman–Crippen MR) is 116 cm³/mol. The molecule has 0 atom stereocenters. The molecule has 0 aliphatic carbocycles. The number of carbonyl (C=O) groups is 2. The van der Waals surface area contributed by atoms with E-state index >= 15 is 0 Å². The molecule has 0 saturated carbocycles. The molecular weight excluding hydrogens is 384 g/mol. The maximum atomic E-state index is 12.0. The lowest BCUT2D eigenvalue weighted by atomic mass is 10.1. The third kappa shape index (κ3) is 7.40. The minimum atomic E-state index is -0.400. The number of anilines is 1. The number of hydrogen-bond donors (Lipinski definition) is 1. The van der Waals surface area contributed by atoms with Gasteiger partial charge >= 0.3 is 5.97 Å². The Balaban J connectivity index is 0.000000396. The van der Waals surface area contributed by atoms with Gasteiger partial charge in [0.2, 0.25) is 0 Å². The number of carbonyl (C=O) groups excluding carboxylic acids is 2. The summed E-state index contributed by atoms with van der Waals surface area (Å²) in [7, 11) is 1.37. The van der Waals surface area contributed by atoms with Crippen molar-refractivity contribution < 1.29 is 23.8 Å². The van der Waals surface area contributed by atoms with Gasteiger partial charge in [-0.3, -0.25) is 4.79 Å². The van der Waals surface area contributed by atoms with Crippen LogP contribution in [-0.2, 0) is 14.3 Å². The monoisotopic (exact) mass is 414 g/mol. The van der Waals surface area contributed by atoms with Crippen LogP contribution in [0.15, 0.2) is 48.5 Å². The van der Waals surface area contributed by atoms with Gasteiger partial charge in [0, 0.05) is 37.9 Å². The molecule has 0 radical (unpaired) electrons. The third-order valence-corrected chi connectivity index (χ3v) is 4.23. The topological polar surface area (TPSA) is 77.1 Å². The van der Waals surface area contributed by atoms with Crippen LogP contribution >= 0.6 is 0 Å². The van der Waals surface area contributed by atoms with E-state index < -0.39 is 5.97 Å². The van der Waals surface area contributed by atoms with E-state index in [1.807, 2.05) is 63.2 Å². The Hall–Kier alpha value is -3.06. The molecule has 2 aromatic rings. The molecule has 0 unspecified atom stereocenters. The summed E-state index contributed by atoms with van der Waals surface area (Å²) >= 11 is 0. The molecule has 1 aliphatic heterocycles. The summed E-state index contributed by atoms with van der Waals surface area (Å²) in [4.78, 5) is 23.9. The number of esters is 1. The van der Waals surface area contributed by atoms with Crippen molar-refractivity contribution in [2.75, 3.05) is 38.2 Å². The SMILES string of the molecule is CC(C)(C)OC=O.COC(=O)c1ccc(N2CCNCC2)cc1Oc1ccccc1. The molecule has 7 nitrogen and oxygen atoms in total. The number of benzene rings is 2. The number of nitrogens with zero attached hydrogens (tertiary/aromatic N) is 1. The fourth-order valence-electron chi connectivity index (χ4n) is 2.75. The molecule has 1 aliphatic rings. The van der Waals surface area contributed by atoms with E-state index in [9.17, 15) is 9.59 Å². The maximum absolute atomic E-state index is 12.0. The van der Waals surface area contributed by atoms with E-state index in [0.717, 1.165) is 31.9 Å². The molecule has 0 spiro atoms. The van der Waals surface area contributed by atoms with Crippen LogP contribution in [0, 0.1) is 0 Å². The summed E-state index contributed by atoms with van der Waals surface area (Å²) in [6.07, 6.45) is 0. The first-order valence-corrected chi connectivity index (χ1v) is 9.86. The molecule has 162 valence electrons. The Labute approximate surface area is 177 Å². The highest BCUT2D eigenvalue weighted by Crippen LogP contribution is 2.30. The summed E-state index contributed by atoms with van der Waals surface area (Å²) in [5.41, 5.74) is 1.15. The van der Waals surface area contributed by atoms with E-state index in [4.69, 9.17) is 9.47 Å². The van der Waals surface area contributed by atoms with E-state index in [1.54, 1.807) is 6.07 Å². The van der Waals surface area contributed by atoms with Crippen LogP contribution in [0.4, 0.5) is 5.69 Å². The van der Waals surface area contributed by atoms with Gasteiger partial charge in [0.05, 0.1) is 7.11 Å². The quantitative estimate of drug-likeness (QED) is 0.591. The first-order chi connectivity index (χ1) is 14.3. The molecular formula is C23H30N2O5. The summed E-state index contributed by atoms with van der Waals surface area (Å²) in [6, 6.07) is 15.0. The zero-order valence-corrected chi connectivity index (χ0v) is 18.0. The number of ether oxygens (including phenoxy) is 3. The summed E-state index contributed by atoms with van der Waals surface area (Å²) in [5, 5.41) is 3.33. The van der Waals surface area contributed by atoms with Crippen molar-refractivity contribution in [3.05, 3.63) is 54.1 Å². The summed E-state index contributed by atoms with van der Waals surface area (Å²) in [6.45, 7) is 9.69. The number of nitrogens with one attached hydrogen (secondary N) is 1. The van der Waals surface area contributed by atoms with Crippen molar-refractivity contribution in [2.24, 2.45) is 0 Å². The van der Waals surface area contributed by atoms with Gasteiger partial charge in [0.15, 0.2) is 0 Å². The molecule has 7 heteroatoms. The number of piperazine rings is 1. The molecule has 0 aromatic heterocycles. The molecule has 1 saturated heterocycles. The van der Waals surface area contributed by atoms with Gasteiger partial charge in [0.25, 0.3) is 6.47 Å². The lowest BCUT2D eigenvalue weighted by molar-refractivity contribution is -0.138. The molecule has 1 fully saturated rings. The average Bonchev–Trinajstić information content (AvgIpc) is 2.74. The van der Waals surface area contributed by atoms with Gasteiger partial charge in [-0.2, -0.15) is 0 Å². The third-order valence-electron chi connectivity index (χ3n) is 4.23. The van der Waals surface area contributed by atoms with Crippen molar-refractivity contribution in [1.29, 1.82) is 0 Å². The van der Waals surface area contributed by atoms with E-state index in [1.165, 1.54) is 7.11 Å². The summed E-state index contributed by atoms with van der Waals surface area (Å²) < 4.78 is 15.3. The largest absolute Gasteiger partial charge is 0.465 e. The van der Waals surface area contributed by atoms with Crippen LogP contribution in [0.25, 0.3) is 0 Å². The van der Waals surface area contributed by atoms with Gasteiger partial charge in [-0.25, -0.2) is 4.79 Å². The molecule has 30 heavy (non-hydrogen) atoms. The lowest BCUT2D eigenvalue weighted by Gasteiger charge is -2.30. The van der Waals surface area contributed by atoms with Crippen LogP contribution in [-0.4, -0.2) is 51.3 Å². The Kier molecular flexibility index (Phi) is 8.68. The Morgan fingerprint density at radius 3 is 2.27 bits per heavy atom. The number of rotatable bonds is 5. The lowest BCUT2D eigenvalue weighted by Crippen LogP contribution is -2.43.